The third-order valence-corrected chi connectivity index (χ3v) is 8.94. The molecule has 0 aliphatic carbocycles. The number of aliphatic hydroxyl groups is 1. The largest absolute Gasteiger partial charge is 0.416 e. The number of halogens is 3. The first-order chi connectivity index (χ1) is 18.4. The first-order valence-corrected chi connectivity index (χ1v) is 14.4. The number of hydrogen-bond donors (Lipinski definition) is 2. The van der Waals surface area contributed by atoms with E-state index in [0.717, 1.165) is 28.9 Å². The number of carbonyl (C=O) groups is 1. The average molecular weight is 561 g/mol. The number of hydrogen-bond acceptors (Lipinski definition) is 5. The summed E-state index contributed by atoms with van der Waals surface area (Å²) in [5.74, 6) is -0.319. The van der Waals surface area contributed by atoms with Gasteiger partial charge in [0.15, 0.2) is 9.84 Å². The molecule has 1 saturated heterocycles. The highest BCUT2D eigenvalue weighted by Gasteiger charge is 2.36. The highest BCUT2D eigenvalue weighted by molar-refractivity contribution is 7.91. The zero-order chi connectivity index (χ0) is 28.4. The lowest BCUT2D eigenvalue weighted by Crippen LogP contribution is -2.37. The van der Waals surface area contributed by atoms with Gasteiger partial charge in [-0.15, -0.1) is 0 Å². The first kappa shape index (κ1) is 28.6. The minimum atomic E-state index is -4.39. The Hall–Kier alpha value is -3.37. The summed E-state index contributed by atoms with van der Waals surface area (Å²) in [5, 5.41) is 13.2. The van der Waals surface area contributed by atoms with E-state index in [1.165, 1.54) is 24.3 Å². The second kappa shape index (κ2) is 11.4. The van der Waals surface area contributed by atoms with Crippen LogP contribution < -0.4 is 10.2 Å². The summed E-state index contributed by atoms with van der Waals surface area (Å²) in [6, 6.07) is 18.3. The Morgan fingerprint density at radius 3 is 2.18 bits per heavy atom. The van der Waals surface area contributed by atoms with Crippen LogP contribution in [-0.4, -0.2) is 43.9 Å². The van der Waals surface area contributed by atoms with Crippen molar-refractivity contribution in [3.05, 3.63) is 95.1 Å². The Morgan fingerprint density at radius 1 is 1.03 bits per heavy atom. The first-order valence-electron chi connectivity index (χ1n) is 12.7. The van der Waals surface area contributed by atoms with Crippen molar-refractivity contribution in [2.24, 2.45) is 0 Å². The van der Waals surface area contributed by atoms with Crippen molar-refractivity contribution in [3.63, 3.8) is 0 Å². The smallest absolute Gasteiger partial charge is 0.391 e. The normalized spacial score (nSPS) is 18.7. The van der Waals surface area contributed by atoms with E-state index in [-0.39, 0.29) is 35.1 Å². The maximum atomic E-state index is 12.9. The average Bonchev–Trinajstić information content (AvgIpc) is 3.38. The molecule has 0 bridgehead atoms. The maximum Gasteiger partial charge on any atom is 0.416 e. The molecule has 1 amide bonds. The van der Waals surface area contributed by atoms with Crippen LogP contribution in [0.1, 0.15) is 53.2 Å². The topological polar surface area (TPSA) is 86.7 Å². The van der Waals surface area contributed by atoms with E-state index in [9.17, 15) is 31.5 Å². The number of carbonyl (C=O) groups excluding carboxylic acids is 1. The zero-order valence-electron chi connectivity index (χ0n) is 21.6. The van der Waals surface area contributed by atoms with Crippen molar-refractivity contribution in [3.8, 4) is 0 Å². The summed E-state index contributed by atoms with van der Waals surface area (Å²) in [5.41, 5.74) is 2.10. The summed E-state index contributed by atoms with van der Waals surface area (Å²) < 4.78 is 62.8. The van der Waals surface area contributed by atoms with Crippen LogP contribution in [0.25, 0.3) is 0 Å². The fourth-order valence-electron chi connectivity index (χ4n) is 4.88. The van der Waals surface area contributed by atoms with Gasteiger partial charge in [0.25, 0.3) is 5.91 Å². The van der Waals surface area contributed by atoms with E-state index >= 15 is 0 Å². The molecule has 3 atom stereocenters. The van der Waals surface area contributed by atoms with Crippen molar-refractivity contribution >= 4 is 21.4 Å². The number of benzene rings is 3. The van der Waals surface area contributed by atoms with E-state index in [0.29, 0.717) is 18.5 Å². The van der Waals surface area contributed by atoms with Gasteiger partial charge in [-0.3, -0.25) is 4.79 Å². The quantitative estimate of drug-likeness (QED) is 0.397. The molecule has 3 aromatic rings. The summed E-state index contributed by atoms with van der Waals surface area (Å²) in [4.78, 5) is 15.0. The Kier molecular flexibility index (Phi) is 8.37. The number of nitrogens with one attached hydrogen (secondary N) is 1. The van der Waals surface area contributed by atoms with Gasteiger partial charge in [-0.25, -0.2) is 8.42 Å². The number of alkyl halides is 3. The summed E-state index contributed by atoms with van der Waals surface area (Å²) in [7, 11) is -3.28. The summed E-state index contributed by atoms with van der Waals surface area (Å²) in [6.45, 7) is 4.04. The van der Waals surface area contributed by atoms with Crippen LogP contribution in [0.2, 0.25) is 0 Å². The second-order valence-electron chi connectivity index (χ2n) is 9.79. The molecule has 1 fully saturated rings. The molecule has 0 spiro atoms. The monoisotopic (exact) mass is 560 g/mol. The number of rotatable bonds is 8. The van der Waals surface area contributed by atoms with E-state index in [1.54, 1.807) is 50.2 Å². The predicted octanol–water partition coefficient (Wildman–Crippen LogP) is 5.17. The van der Waals surface area contributed by atoms with E-state index in [2.05, 4.69) is 5.32 Å². The molecule has 1 heterocycles. The van der Waals surface area contributed by atoms with Crippen molar-refractivity contribution in [1.82, 2.24) is 5.32 Å². The number of nitrogens with zero attached hydrogens (tertiary/aromatic N) is 1. The standard InChI is InChI=1S/C29H31F3N2O4S/c1-3-39(37,38)26-14-4-20(5-15-26)17-33-28(36)22-8-12-25(13-9-22)34-18-23(16-27(34)19(2)35)21-6-10-24(11-7-21)29(30,31)32/h4-15,19,23,27,35H,3,16-18H2,1-2H3,(H,33,36)/t19-,23?,27-/m0/s1. The van der Waals surface area contributed by atoms with Crippen LogP contribution >= 0.6 is 0 Å². The molecule has 3 aromatic carbocycles. The fraction of sp³-hybridized carbons (Fsp3) is 0.345. The van der Waals surface area contributed by atoms with Gasteiger partial charge in [0, 0.05) is 30.3 Å². The molecule has 1 unspecified atom stereocenters. The van der Waals surface area contributed by atoms with Crippen molar-refractivity contribution in [1.29, 1.82) is 0 Å². The summed E-state index contributed by atoms with van der Waals surface area (Å²) >= 11 is 0. The van der Waals surface area contributed by atoms with Gasteiger partial charge in [-0.05, 0) is 73.0 Å². The third-order valence-electron chi connectivity index (χ3n) is 7.19. The fourth-order valence-corrected chi connectivity index (χ4v) is 5.76. The molecular weight excluding hydrogens is 529 g/mol. The number of aliphatic hydroxyl groups excluding tert-OH is 1. The summed E-state index contributed by atoms with van der Waals surface area (Å²) in [6.07, 6.45) is -4.46. The Morgan fingerprint density at radius 2 is 1.64 bits per heavy atom. The lowest BCUT2D eigenvalue weighted by atomic mass is 9.94. The van der Waals surface area contributed by atoms with Gasteiger partial charge < -0.3 is 15.3 Å². The van der Waals surface area contributed by atoms with Crippen molar-refractivity contribution in [2.75, 3.05) is 17.2 Å². The third kappa shape index (κ3) is 6.62. The van der Waals surface area contributed by atoms with Gasteiger partial charge >= 0.3 is 6.18 Å². The van der Waals surface area contributed by atoms with Gasteiger partial charge in [-0.2, -0.15) is 13.2 Å². The molecular formula is C29H31F3N2O4S. The van der Waals surface area contributed by atoms with E-state index in [1.807, 2.05) is 4.90 Å². The molecule has 0 saturated carbocycles. The lowest BCUT2D eigenvalue weighted by Gasteiger charge is -2.29. The second-order valence-corrected chi connectivity index (χ2v) is 12.1. The van der Waals surface area contributed by atoms with Crippen LogP contribution in [0.4, 0.5) is 18.9 Å². The molecule has 1 aliphatic heterocycles. The number of anilines is 1. The van der Waals surface area contributed by atoms with Gasteiger partial charge in [-0.1, -0.05) is 31.2 Å². The van der Waals surface area contributed by atoms with Gasteiger partial charge in [0.05, 0.1) is 28.4 Å². The molecule has 2 N–H and O–H groups in total. The van der Waals surface area contributed by atoms with Crippen LogP contribution in [-0.2, 0) is 22.6 Å². The molecule has 39 heavy (non-hydrogen) atoms. The van der Waals surface area contributed by atoms with Crippen LogP contribution in [0.5, 0.6) is 0 Å². The van der Waals surface area contributed by atoms with Crippen LogP contribution in [0, 0.1) is 0 Å². The molecule has 0 radical (unpaired) electrons. The van der Waals surface area contributed by atoms with Crippen molar-refractivity contribution in [2.45, 2.75) is 55.9 Å². The highest BCUT2D eigenvalue weighted by Crippen LogP contribution is 2.38. The SMILES string of the molecule is CCS(=O)(=O)c1ccc(CNC(=O)c2ccc(N3CC(c4ccc(C(F)(F)F)cc4)C[C@H]3[C@H](C)O)cc2)cc1. The Bertz CT molecular complexity index is 1390. The molecule has 10 heteroatoms. The highest BCUT2D eigenvalue weighted by atomic mass is 32.2. The minimum Gasteiger partial charge on any atom is -0.391 e. The van der Waals surface area contributed by atoms with Gasteiger partial charge in [0.2, 0.25) is 0 Å². The molecule has 208 valence electrons. The molecule has 1 aliphatic rings. The van der Waals surface area contributed by atoms with E-state index in [4.69, 9.17) is 0 Å². The lowest BCUT2D eigenvalue weighted by molar-refractivity contribution is -0.137. The predicted molar refractivity (Wildman–Crippen MR) is 143 cm³/mol. The van der Waals surface area contributed by atoms with E-state index < -0.39 is 27.7 Å². The van der Waals surface area contributed by atoms with Crippen LogP contribution in [0.15, 0.2) is 77.7 Å². The van der Waals surface area contributed by atoms with Crippen molar-refractivity contribution < 1.29 is 31.5 Å². The Balaban J connectivity index is 1.41. The van der Waals surface area contributed by atoms with Crippen LogP contribution in [0.3, 0.4) is 0 Å². The maximum absolute atomic E-state index is 12.9. The van der Waals surface area contributed by atoms with Gasteiger partial charge in [0.1, 0.15) is 0 Å². The molecule has 6 nitrogen and oxygen atoms in total. The zero-order valence-corrected chi connectivity index (χ0v) is 22.5. The number of sulfone groups is 1. The molecule has 0 aromatic heterocycles. The Labute approximate surface area is 226 Å². The molecule has 4 rings (SSSR count). The minimum absolute atomic E-state index is 0.0180. The number of amides is 1.